The van der Waals surface area contributed by atoms with Crippen molar-refractivity contribution in [2.45, 2.75) is 50.6 Å². The fourth-order valence-electron chi connectivity index (χ4n) is 3.63. The summed E-state index contributed by atoms with van der Waals surface area (Å²) < 4.78 is 6.95. The molecule has 7 heteroatoms. The number of unbranched alkanes of at least 4 members (excludes halogenated alkanes) is 2. The highest BCUT2D eigenvalue weighted by Gasteiger charge is 2.24. The molecule has 2 heterocycles. The van der Waals surface area contributed by atoms with E-state index >= 15 is 0 Å². The van der Waals surface area contributed by atoms with Crippen LogP contribution in [0.3, 0.4) is 0 Å². The van der Waals surface area contributed by atoms with Crippen LogP contribution >= 0.6 is 23.1 Å². The second-order valence-corrected chi connectivity index (χ2v) is 9.15. The predicted octanol–water partition coefficient (Wildman–Crippen LogP) is 4.76. The van der Waals surface area contributed by atoms with E-state index in [0.29, 0.717) is 11.8 Å². The highest BCUT2D eigenvalue weighted by molar-refractivity contribution is 7.99. The summed E-state index contributed by atoms with van der Waals surface area (Å²) in [7, 11) is 0. The molecule has 152 valence electrons. The maximum absolute atomic E-state index is 13.5. The van der Waals surface area contributed by atoms with E-state index in [2.05, 4.69) is 6.92 Å². The highest BCUT2D eigenvalue weighted by atomic mass is 32.2. The molecule has 0 amide bonds. The number of benzene rings is 1. The van der Waals surface area contributed by atoms with E-state index in [1.807, 2.05) is 30.3 Å². The second-order valence-electron chi connectivity index (χ2n) is 7.12. The van der Waals surface area contributed by atoms with Crippen LogP contribution in [0.2, 0.25) is 0 Å². The van der Waals surface area contributed by atoms with Gasteiger partial charge < -0.3 is 4.74 Å². The van der Waals surface area contributed by atoms with E-state index in [1.165, 1.54) is 22.2 Å². The van der Waals surface area contributed by atoms with Crippen LogP contribution < -0.4 is 5.56 Å². The lowest BCUT2D eigenvalue weighted by Gasteiger charge is -2.12. The minimum absolute atomic E-state index is 0.0422. The Morgan fingerprint density at radius 3 is 2.86 bits per heavy atom. The van der Waals surface area contributed by atoms with Gasteiger partial charge in [-0.3, -0.25) is 14.2 Å². The maximum atomic E-state index is 13.5. The fourth-order valence-corrected chi connectivity index (χ4v) is 5.74. The van der Waals surface area contributed by atoms with Crippen LogP contribution in [-0.4, -0.2) is 27.9 Å². The minimum atomic E-state index is -0.270. The van der Waals surface area contributed by atoms with Crippen LogP contribution in [0.5, 0.6) is 0 Å². The Labute approximate surface area is 178 Å². The molecule has 0 bridgehead atoms. The van der Waals surface area contributed by atoms with Gasteiger partial charge in [-0.05, 0) is 43.4 Å². The summed E-state index contributed by atoms with van der Waals surface area (Å²) in [5, 5.41) is 1.29. The number of ether oxygens (including phenoxy) is 1. The first kappa shape index (κ1) is 20.2. The van der Waals surface area contributed by atoms with E-state index in [4.69, 9.17) is 9.72 Å². The van der Waals surface area contributed by atoms with Gasteiger partial charge in [-0.2, -0.15) is 0 Å². The fraction of sp³-hybridized carbons (Fsp3) is 0.409. The SMILES string of the molecule is CCCCCOC(=O)CSc1nc2sc3c(c2c(=O)n1-c1ccccc1)CCC3. The number of carbonyl (C=O) groups excluding carboxylic acids is 1. The summed E-state index contributed by atoms with van der Waals surface area (Å²) in [4.78, 5) is 32.4. The molecule has 1 aromatic carbocycles. The summed E-state index contributed by atoms with van der Waals surface area (Å²) in [5.41, 5.74) is 1.89. The molecule has 0 saturated carbocycles. The van der Waals surface area contributed by atoms with E-state index in [0.717, 1.165) is 54.4 Å². The third-order valence-electron chi connectivity index (χ3n) is 5.05. The maximum Gasteiger partial charge on any atom is 0.316 e. The first-order valence-electron chi connectivity index (χ1n) is 10.1. The normalized spacial score (nSPS) is 13.0. The first-order chi connectivity index (χ1) is 14.2. The number of rotatable bonds is 8. The molecule has 0 atom stereocenters. The Kier molecular flexibility index (Phi) is 6.35. The van der Waals surface area contributed by atoms with Crippen LogP contribution in [0, 0.1) is 0 Å². The molecule has 0 saturated heterocycles. The van der Waals surface area contributed by atoms with Gasteiger partial charge >= 0.3 is 5.97 Å². The molecule has 2 aromatic heterocycles. The second kappa shape index (κ2) is 9.13. The van der Waals surface area contributed by atoms with Gasteiger partial charge in [0.2, 0.25) is 0 Å². The van der Waals surface area contributed by atoms with Gasteiger partial charge in [-0.15, -0.1) is 11.3 Å². The van der Waals surface area contributed by atoms with Crippen LogP contribution in [-0.2, 0) is 22.4 Å². The molecule has 3 aromatic rings. The topological polar surface area (TPSA) is 61.2 Å². The van der Waals surface area contributed by atoms with Gasteiger partial charge in [0.25, 0.3) is 5.56 Å². The highest BCUT2D eigenvalue weighted by Crippen LogP contribution is 2.36. The summed E-state index contributed by atoms with van der Waals surface area (Å²) >= 11 is 2.89. The molecule has 29 heavy (non-hydrogen) atoms. The zero-order chi connectivity index (χ0) is 20.2. The minimum Gasteiger partial charge on any atom is -0.465 e. The van der Waals surface area contributed by atoms with Crippen molar-refractivity contribution in [2.24, 2.45) is 0 Å². The summed E-state index contributed by atoms with van der Waals surface area (Å²) in [6, 6.07) is 9.52. The van der Waals surface area contributed by atoms with Gasteiger partial charge in [0.1, 0.15) is 4.83 Å². The van der Waals surface area contributed by atoms with E-state index < -0.39 is 0 Å². The molecule has 1 aliphatic rings. The van der Waals surface area contributed by atoms with Crippen LogP contribution in [0.15, 0.2) is 40.3 Å². The lowest BCUT2D eigenvalue weighted by atomic mass is 10.2. The molecule has 1 aliphatic carbocycles. The molecule has 0 aliphatic heterocycles. The van der Waals surface area contributed by atoms with Crippen molar-refractivity contribution >= 4 is 39.3 Å². The summed E-state index contributed by atoms with van der Waals surface area (Å²) in [6.45, 7) is 2.56. The summed E-state index contributed by atoms with van der Waals surface area (Å²) in [5.74, 6) is -0.129. The molecule has 0 radical (unpaired) electrons. The molecular formula is C22H24N2O3S2. The van der Waals surface area contributed by atoms with E-state index in [1.54, 1.807) is 15.9 Å². The Hall–Kier alpha value is -2.12. The molecular weight excluding hydrogens is 404 g/mol. The van der Waals surface area contributed by atoms with Gasteiger partial charge in [-0.1, -0.05) is 49.7 Å². The van der Waals surface area contributed by atoms with E-state index in [-0.39, 0.29) is 17.3 Å². The van der Waals surface area contributed by atoms with Gasteiger partial charge in [0.15, 0.2) is 5.16 Å². The number of thioether (sulfide) groups is 1. The molecule has 5 nitrogen and oxygen atoms in total. The average molecular weight is 429 g/mol. The van der Waals surface area contributed by atoms with Crippen molar-refractivity contribution in [2.75, 3.05) is 12.4 Å². The van der Waals surface area contributed by atoms with Crippen molar-refractivity contribution in [3.8, 4) is 5.69 Å². The van der Waals surface area contributed by atoms with Crippen molar-refractivity contribution in [1.82, 2.24) is 9.55 Å². The number of esters is 1. The van der Waals surface area contributed by atoms with Crippen molar-refractivity contribution in [1.29, 1.82) is 0 Å². The third kappa shape index (κ3) is 4.26. The Balaban J connectivity index is 1.66. The number of aromatic nitrogens is 2. The number of fused-ring (bicyclic) bond motifs is 3. The first-order valence-corrected chi connectivity index (χ1v) is 11.9. The van der Waals surface area contributed by atoms with Crippen molar-refractivity contribution < 1.29 is 9.53 Å². The number of nitrogens with zero attached hydrogens (tertiary/aromatic N) is 2. The lowest BCUT2D eigenvalue weighted by Crippen LogP contribution is -2.22. The predicted molar refractivity (Wildman–Crippen MR) is 118 cm³/mol. The van der Waals surface area contributed by atoms with Crippen LogP contribution in [0.1, 0.15) is 43.0 Å². The number of hydrogen-bond donors (Lipinski definition) is 0. The smallest absolute Gasteiger partial charge is 0.316 e. The van der Waals surface area contributed by atoms with Crippen molar-refractivity contribution in [3.05, 3.63) is 51.1 Å². The number of para-hydroxylation sites is 1. The average Bonchev–Trinajstić information content (AvgIpc) is 3.31. The monoisotopic (exact) mass is 428 g/mol. The van der Waals surface area contributed by atoms with Gasteiger partial charge in [0, 0.05) is 4.88 Å². The Bertz CT molecular complexity index is 1070. The largest absolute Gasteiger partial charge is 0.465 e. The van der Waals surface area contributed by atoms with E-state index in [9.17, 15) is 9.59 Å². The van der Waals surface area contributed by atoms with Crippen LogP contribution in [0.25, 0.3) is 15.9 Å². The number of thiophene rings is 1. The molecule has 0 unspecified atom stereocenters. The van der Waals surface area contributed by atoms with Crippen molar-refractivity contribution in [3.63, 3.8) is 0 Å². The standard InChI is InChI=1S/C22H24N2O3S2/c1-2-3-7-13-27-18(25)14-28-22-23-20-19(16-11-8-12-17(16)29-20)21(26)24(22)15-9-5-4-6-10-15/h4-6,9-10H,2-3,7-8,11-14H2,1H3. The third-order valence-corrected chi connectivity index (χ3v) is 7.15. The lowest BCUT2D eigenvalue weighted by molar-refractivity contribution is -0.140. The Morgan fingerprint density at radius 1 is 1.24 bits per heavy atom. The molecule has 0 fully saturated rings. The van der Waals surface area contributed by atoms with Crippen LogP contribution in [0.4, 0.5) is 0 Å². The number of carbonyl (C=O) groups is 1. The zero-order valence-electron chi connectivity index (χ0n) is 16.5. The molecule has 4 rings (SSSR count). The molecule has 0 N–H and O–H groups in total. The number of hydrogen-bond acceptors (Lipinski definition) is 6. The summed E-state index contributed by atoms with van der Waals surface area (Å²) in [6.07, 6.45) is 6.08. The Morgan fingerprint density at radius 2 is 2.07 bits per heavy atom. The zero-order valence-corrected chi connectivity index (χ0v) is 18.1. The molecule has 0 spiro atoms. The van der Waals surface area contributed by atoms with Gasteiger partial charge in [0.05, 0.1) is 23.4 Å². The quantitative estimate of drug-likeness (QED) is 0.224. The number of aryl methyl sites for hydroxylation is 2. The van der Waals surface area contributed by atoms with Gasteiger partial charge in [-0.25, -0.2) is 4.98 Å².